The summed E-state index contributed by atoms with van der Waals surface area (Å²) in [4.78, 5) is 43.6. The number of hydrogen-bond donors (Lipinski definition) is 0. The van der Waals surface area contributed by atoms with Gasteiger partial charge in [-0.15, -0.1) is 0 Å². The van der Waals surface area contributed by atoms with Crippen molar-refractivity contribution >= 4 is 23.3 Å². The SMILES string of the molecule is O=C(OC(=O)c1cc([N+](=O)[O-])ccc1[N+](=O)[O-])c1ccccc1. The van der Waals surface area contributed by atoms with Gasteiger partial charge in [-0.2, -0.15) is 0 Å². The first-order valence-electron chi connectivity index (χ1n) is 6.14. The second-order valence-corrected chi connectivity index (χ2v) is 4.26. The van der Waals surface area contributed by atoms with Gasteiger partial charge in [-0.3, -0.25) is 20.2 Å². The highest BCUT2D eigenvalue weighted by atomic mass is 16.6. The van der Waals surface area contributed by atoms with Crippen molar-refractivity contribution in [2.24, 2.45) is 0 Å². The maximum absolute atomic E-state index is 12.0. The molecule has 2 aromatic rings. The van der Waals surface area contributed by atoms with E-state index < -0.39 is 38.7 Å². The van der Waals surface area contributed by atoms with Gasteiger partial charge < -0.3 is 4.74 Å². The quantitative estimate of drug-likeness (QED) is 0.366. The fourth-order valence-corrected chi connectivity index (χ4v) is 1.73. The number of rotatable bonds is 4. The topological polar surface area (TPSA) is 130 Å². The van der Waals surface area contributed by atoms with Gasteiger partial charge in [-0.25, -0.2) is 9.59 Å². The predicted molar refractivity (Wildman–Crippen MR) is 75.9 cm³/mol. The summed E-state index contributed by atoms with van der Waals surface area (Å²) >= 11 is 0. The van der Waals surface area contributed by atoms with E-state index >= 15 is 0 Å². The smallest absolute Gasteiger partial charge is 0.353 e. The summed E-state index contributed by atoms with van der Waals surface area (Å²) in [7, 11) is 0. The van der Waals surface area contributed by atoms with Crippen molar-refractivity contribution in [1.29, 1.82) is 0 Å². The summed E-state index contributed by atoms with van der Waals surface area (Å²) in [6.45, 7) is 0. The normalized spacial score (nSPS) is 9.91. The molecule has 0 aliphatic heterocycles. The van der Waals surface area contributed by atoms with E-state index in [9.17, 15) is 29.8 Å². The van der Waals surface area contributed by atoms with E-state index in [1.54, 1.807) is 6.07 Å². The molecule has 0 heterocycles. The Labute approximate surface area is 128 Å². The minimum absolute atomic E-state index is 0.0638. The first-order valence-corrected chi connectivity index (χ1v) is 6.14. The second-order valence-electron chi connectivity index (χ2n) is 4.26. The van der Waals surface area contributed by atoms with Crippen LogP contribution in [0.25, 0.3) is 0 Å². The molecule has 0 atom stereocenters. The van der Waals surface area contributed by atoms with E-state index in [1.165, 1.54) is 24.3 Å². The van der Waals surface area contributed by atoms with Crippen molar-refractivity contribution < 1.29 is 24.2 Å². The molecule has 0 N–H and O–H groups in total. The number of ether oxygens (including phenoxy) is 1. The summed E-state index contributed by atoms with van der Waals surface area (Å²) in [5.74, 6) is -2.36. The molecule has 0 amide bonds. The molecule has 0 bridgehead atoms. The van der Waals surface area contributed by atoms with Crippen LogP contribution in [0.15, 0.2) is 48.5 Å². The highest BCUT2D eigenvalue weighted by Crippen LogP contribution is 2.25. The number of nitro groups is 2. The van der Waals surface area contributed by atoms with Crippen molar-refractivity contribution in [2.45, 2.75) is 0 Å². The highest BCUT2D eigenvalue weighted by Gasteiger charge is 2.27. The predicted octanol–water partition coefficient (Wildman–Crippen LogP) is 2.50. The van der Waals surface area contributed by atoms with Crippen molar-refractivity contribution in [1.82, 2.24) is 0 Å². The molecule has 0 saturated heterocycles. The molecular formula is C14H8N2O7. The summed E-state index contributed by atoms with van der Waals surface area (Å²) in [5, 5.41) is 21.6. The van der Waals surface area contributed by atoms with Crippen molar-refractivity contribution in [3.63, 3.8) is 0 Å². The van der Waals surface area contributed by atoms with E-state index in [0.717, 1.165) is 12.1 Å². The molecule has 0 aliphatic rings. The number of nitrogens with zero attached hydrogens (tertiary/aromatic N) is 2. The molecule has 0 fully saturated rings. The first-order chi connectivity index (χ1) is 10.9. The average Bonchev–Trinajstić information content (AvgIpc) is 2.54. The number of non-ortho nitro benzene ring substituents is 1. The monoisotopic (exact) mass is 316 g/mol. The van der Waals surface area contributed by atoms with Gasteiger partial charge in [-0.1, -0.05) is 18.2 Å². The van der Waals surface area contributed by atoms with Crippen LogP contribution in [0.3, 0.4) is 0 Å². The molecular weight excluding hydrogens is 308 g/mol. The number of esters is 2. The largest absolute Gasteiger partial charge is 0.386 e. The molecule has 0 aliphatic carbocycles. The second kappa shape index (κ2) is 6.43. The molecule has 9 nitrogen and oxygen atoms in total. The standard InChI is InChI=1S/C14H8N2O7/c17-13(9-4-2-1-3-5-9)23-14(18)11-8-10(15(19)20)6-7-12(11)16(21)22/h1-8H. The van der Waals surface area contributed by atoms with Gasteiger partial charge in [0.25, 0.3) is 11.4 Å². The van der Waals surface area contributed by atoms with Gasteiger partial charge in [0.1, 0.15) is 5.56 Å². The lowest BCUT2D eigenvalue weighted by Gasteiger charge is -2.04. The molecule has 9 heteroatoms. The molecule has 0 unspecified atom stereocenters. The van der Waals surface area contributed by atoms with Crippen LogP contribution in [0.4, 0.5) is 11.4 Å². The number of hydrogen-bond acceptors (Lipinski definition) is 7. The molecule has 0 spiro atoms. The molecule has 0 saturated carbocycles. The van der Waals surface area contributed by atoms with Gasteiger partial charge >= 0.3 is 11.9 Å². The average molecular weight is 316 g/mol. The fraction of sp³-hybridized carbons (Fsp3) is 0. The Morgan fingerprint density at radius 3 is 2.09 bits per heavy atom. The Bertz CT molecular complexity index is 802. The lowest BCUT2D eigenvalue weighted by Crippen LogP contribution is -2.14. The Kier molecular flexibility index (Phi) is 4.41. The third-order valence-electron chi connectivity index (χ3n) is 2.80. The lowest BCUT2D eigenvalue weighted by molar-refractivity contribution is -0.389. The zero-order chi connectivity index (χ0) is 17.0. The Morgan fingerprint density at radius 1 is 0.870 bits per heavy atom. The molecule has 116 valence electrons. The summed E-state index contributed by atoms with van der Waals surface area (Å²) in [6.07, 6.45) is 0. The van der Waals surface area contributed by atoms with E-state index in [0.29, 0.717) is 6.07 Å². The van der Waals surface area contributed by atoms with Gasteiger partial charge in [0.2, 0.25) is 0 Å². The van der Waals surface area contributed by atoms with Crippen molar-refractivity contribution in [3.05, 3.63) is 79.9 Å². The van der Waals surface area contributed by atoms with Crippen LogP contribution in [-0.2, 0) is 4.74 Å². The van der Waals surface area contributed by atoms with E-state index in [4.69, 9.17) is 0 Å². The maximum Gasteiger partial charge on any atom is 0.353 e. The number of benzene rings is 2. The molecule has 0 aromatic heterocycles. The maximum atomic E-state index is 12.0. The summed E-state index contributed by atoms with van der Waals surface area (Å²) < 4.78 is 4.54. The number of carbonyl (C=O) groups excluding carboxylic acids is 2. The van der Waals surface area contributed by atoms with Crippen molar-refractivity contribution in [2.75, 3.05) is 0 Å². The van der Waals surface area contributed by atoms with Crippen LogP contribution in [0.1, 0.15) is 20.7 Å². The number of nitro benzene ring substituents is 2. The van der Waals surface area contributed by atoms with Crippen LogP contribution in [0.2, 0.25) is 0 Å². The highest BCUT2D eigenvalue weighted by molar-refractivity contribution is 6.04. The Balaban J connectivity index is 2.34. The van der Waals surface area contributed by atoms with E-state index in [1.807, 2.05) is 0 Å². The van der Waals surface area contributed by atoms with E-state index in [-0.39, 0.29) is 5.56 Å². The van der Waals surface area contributed by atoms with Gasteiger partial charge in [-0.05, 0) is 12.1 Å². The summed E-state index contributed by atoms with van der Waals surface area (Å²) in [6, 6.07) is 9.88. The van der Waals surface area contributed by atoms with Crippen LogP contribution >= 0.6 is 0 Å². The van der Waals surface area contributed by atoms with Gasteiger partial charge in [0.05, 0.1) is 15.4 Å². The zero-order valence-corrected chi connectivity index (χ0v) is 11.4. The number of carbonyl (C=O) groups is 2. The minimum Gasteiger partial charge on any atom is -0.386 e. The third kappa shape index (κ3) is 3.53. The van der Waals surface area contributed by atoms with E-state index in [2.05, 4.69) is 4.74 Å². The fourth-order valence-electron chi connectivity index (χ4n) is 1.73. The van der Waals surface area contributed by atoms with Crippen LogP contribution in [-0.4, -0.2) is 21.8 Å². The zero-order valence-electron chi connectivity index (χ0n) is 11.4. The van der Waals surface area contributed by atoms with Crippen LogP contribution in [0, 0.1) is 20.2 Å². The van der Waals surface area contributed by atoms with Crippen LogP contribution < -0.4 is 0 Å². The lowest BCUT2D eigenvalue weighted by atomic mass is 10.1. The van der Waals surface area contributed by atoms with Crippen molar-refractivity contribution in [3.8, 4) is 0 Å². The minimum atomic E-state index is -1.34. The molecule has 2 aromatic carbocycles. The Hall–Kier alpha value is -3.62. The van der Waals surface area contributed by atoms with Gasteiger partial charge in [0, 0.05) is 18.2 Å². The first kappa shape index (κ1) is 15.8. The Morgan fingerprint density at radius 2 is 1.52 bits per heavy atom. The molecule has 2 rings (SSSR count). The van der Waals surface area contributed by atoms with Crippen LogP contribution in [0.5, 0.6) is 0 Å². The third-order valence-corrected chi connectivity index (χ3v) is 2.80. The van der Waals surface area contributed by atoms with Gasteiger partial charge in [0.15, 0.2) is 0 Å². The molecule has 23 heavy (non-hydrogen) atoms. The summed E-state index contributed by atoms with van der Waals surface area (Å²) in [5.41, 5.74) is -1.83. The molecule has 0 radical (unpaired) electrons.